The predicted molar refractivity (Wildman–Crippen MR) is 97.4 cm³/mol. The smallest absolute Gasteiger partial charge is 0.103 e. The van der Waals surface area contributed by atoms with Crippen molar-refractivity contribution in [2.75, 3.05) is 13.1 Å². The van der Waals surface area contributed by atoms with Gasteiger partial charge in [0.2, 0.25) is 0 Å². The minimum atomic E-state index is -0.805. The van der Waals surface area contributed by atoms with E-state index in [-0.39, 0.29) is 18.2 Å². The summed E-state index contributed by atoms with van der Waals surface area (Å²) in [5.41, 5.74) is 2.20. The fraction of sp³-hybridized carbons (Fsp3) is 0.429. The molecule has 5 atom stereocenters. The van der Waals surface area contributed by atoms with Crippen LogP contribution >= 0.6 is 0 Å². The maximum atomic E-state index is 10.4. The Hall–Kier alpha value is -1.76. The molecule has 2 aliphatic rings. The van der Waals surface area contributed by atoms with E-state index in [2.05, 4.69) is 4.90 Å². The van der Waals surface area contributed by atoms with Crippen LogP contribution in [-0.4, -0.2) is 58.7 Å². The molecule has 2 fully saturated rings. The molecule has 2 aliphatic heterocycles. The Bertz CT molecular complexity index is 696. The molecule has 0 aromatic heterocycles. The third-order valence-electron chi connectivity index (χ3n) is 5.30. The lowest BCUT2D eigenvalue weighted by molar-refractivity contribution is -0.0904. The molecule has 0 saturated carbocycles. The van der Waals surface area contributed by atoms with E-state index < -0.39 is 12.2 Å². The quantitative estimate of drug-likeness (QED) is 0.824. The second kappa shape index (κ2) is 7.86. The Balaban J connectivity index is 1.45. The maximum absolute atomic E-state index is 10.4. The summed E-state index contributed by atoms with van der Waals surface area (Å²) in [6, 6.07) is 19.8. The summed E-state index contributed by atoms with van der Waals surface area (Å²) in [6.45, 7) is 2.09. The highest BCUT2D eigenvalue weighted by Crippen LogP contribution is 2.33. The van der Waals surface area contributed by atoms with Crippen molar-refractivity contribution < 1.29 is 19.7 Å². The van der Waals surface area contributed by atoms with E-state index in [1.807, 2.05) is 60.7 Å². The average molecular weight is 355 g/mol. The Kier molecular flexibility index (Phi) is 5.33. The third-order valence-corrected chi connectivity index (χ3v) is 5.30. The van der Waals surface area contributed by atoms with E-state index in [0.717, 1.165) is 11.1 Å². The molecule has 0 radical (unpaired) electrons. The van der Waals surface area contributed by atoms with Crippen LogP contribution in [0.25, 0.3) is 0 Å². The number of hydrogen-bond donors (Lipinski definition) is 2. The van der Waals surface area contributed by atoms with Gasteiger partial charge in [0.15, 0.2) is 0 Å². The van der Waals surface area contributed by atoms with Gasteiger partial charge in [-0.2, -0.15) is 0 Å². The Morgan fingerprint density at radius 3 is 2.00 bits per heavy atom. The maximum Gasteiger partial charge on any atom is 0.103 e. The van der Waals surface area contributed by atoms with Gasteiger partial charge in [-0.25, -0.2) is 0 Å². The van der Waals surface area contributed by atoms with Crippen molar-refractivity contribution in [3.05, 3.63) is 71.8 Å². The third kappa shape index (κ3) is 3.68. The topological polar surface area (TPSA) is 62.2 Å². The highest BCUT2D eigenvalue weighted by atomic mass is 16.5. The van der Waals surface area contributed by atoms with Crippen molar-refractivity contribution in [1.82, 2.24) is 4.90 Å². The van der Waals surface area contributed by atoms with Crippen LogP contribution in [0.5, 0.6) is 0 Å². The van der Waals surface area contributed by atoms with Gasteiger partial charge in [0, 0.05) is 13.1 Å². The van der Waals surface area contributed by atoms with E-state index in [4.69, 9.17) is 9.47 Å². The van der Waals surface area contributed by atoms with Crippen LogP contribution in [0, 0.1) is 0 Å². The minimum absolute atomic E-state index is 0.133. The van der Waals surface area contributed by atoms with Crippen LogP contribution in [-0.2, 0) is 22.7 Å². The van der Waals surface area contributed by atoms with Crippen molar-refractivity contribution in [1.29, 1.82) is 0 Å². The van der Waals surface area contributed by atoms with Crippen LogP contribution < -0.4 is 0 Å². The number of ether oxygens (including phenoxy) is 2. The van der Waals surface area contributed by atoms with Crippen LogP contribution in [0.1, 0.15) is 11.1 Å². The first-order chi connectivity index (χ1) is 12.7. The Morgan fingerprint density at radius 1 is 0.808 bits per heavy atom. The molecule has 26 heavy (non-hydrogen) atoms. The highest BCUT2D eigenvalue weighted by Gasteiger charge is 2.53. The highest BCUT2D eigenvalue weighted by molar-refractivity contribution is 5.15. The minimum Gasteiger partial charge on any atom is -0.389 e. The van der Waals surface area contributed by atoms with E-state index in [1.165, 1.54) is 0 Å². The number of rotatable bonds is 6. The molecule has 2 aromatic carbocycles. The lowest BCUT2D eigenvalue weighted by Crippen LogP contribution is -2.43. The fourth-order valence-electron chi connectivity index (χ4n) is 3.96. The zero-order valence-corrected chi connectivity index (χ0v) is 14.6. The summed E-state index contributed by atoms with van der Waals surface area (Å²) in [4.78, 5) is 2.08. The van der Waals surface area contributed by atoms with E-state index in [9.17, 15) is 10.2 Å². The molecule has 4 rings (SSSR count). The molecule has 2 heterocycles. The molecular formula is C21H25NO4. The van der Waals surface area contributed by atoms with Crippen LogP contribution in [0.4, 0.5) is 0 Å². The van der Waals surface area contributed by atoms with Crippen molar-refractivity contribution in [3.63, 3.8) is 0 Å². The molecule has 0 unspecified atom stereocenters. The lowest BCUT2D eigenvalue weighted by Gasteiger charge is -2.27. The number of nitrogens with zero attached hydrogens (tertiary/aromatic N) is 1. The Morgan fingerprint density at radius 2 is 1.38 bits per heavy atom. The number of hydrogen-bond acceptors (Lipinski definition) is 5. The number of benzene rings is 2. The average Bonchev–Trinajstić information content (AvgIpc) is 3.15. The predicted octanol–water partition coefficient (Wildman–Crippen LogP) is 1.58. The molecule has 138 valence electrons. The van der Waals surface area contributed by atoms with Crippen molar-refractivity contribution in [3.8, 4) is 0 Å². The normalized spacial score (nSPS) is 31.2. The van der Waals surface area contributed by atoms with Gasteiger partial charge in [0.1, 0.15) is 6.10 Å². The molecule has 5 heteroatoms. The fourth-order valence-corrected chi connectivity index (χ4v) is 3.96. The lowest BCUT2D eigenvalue weighted by atomic mass is 10.0. The van der Waals surface area contributed by atoms with Gasteiger partial charge in [-0.3, -0.25) is 4.90 Å². The molecular weight excluding hydrogens is 330 g/mol. The van der Waals surface area contributed by atoms with Crippen molar-refractivity contribution in [2.24, 2.45) is 0 Å². The molecule has 2 saturated heterocycles. The molecule has 5 nitrogen and oxygen atoms in total. The summed E-state index contributed by atoms with van der Waals surface area (Å²) < 4.78 is 12.3. The zero-order valence-electron chi connectivity index (χ0n) is 14.6. The molecule has 0 aliphatic carbocycles. The first-order valence-electron chi connectivity index (χ1n) is 9.13. The largest absolute Gasteiger partial charge is 0.389 e. The molecule has 0 spiro atoms. The number of fused-ring (bicyclic) bond motifs is 1. The van der Waals surface area contributed by atoms with Crippen molar-refractivity contribution >= 4 is 0 Å². The molecule has 0 bridgehead atoms. The Labute approximate surface area is 153 Å². The number of aliphatic hydroxyl groups excluding tert-OH is 2. The van der Waals surface area contributed by atoms with Gasteiger partial charge in [-0.1, -0.05) is 60.7 Å². The summed E-state index contributed by atoms with van der Waals surface area (Å²) in [6.07, 6.45) is -1.93. The van der Waals surface area contributed by atoms with Crippen LogP contribution in [0.3, 0.4) is 0 Å². The van der Waals surface area contributed by atoms with Crippen molar-refractivity contribution in [2.45, 2.75) is 43.7 Å². The van der Waals surface area contributed by atoms with Crippen LogP contribution in [0.15, 0.2) is 60.7 Å². The van der Waals surface area contributed by atoms with Gasteiger partial charge >= 0.3 is 0 Å². The van der Waals surface area contributed by atoms with E-state index in [0.29, 0.717) is 26.3 Å². The molecule has 2 N–H and O–H groups in total. The monoisotopic (exact) mass is 355 g/mol. The first kappa shape index (κ1) is 17.6. The first-order valence-corrected chi connectivity index (χ1v) is 9.13. The number of aliphatic hydroxyl groups is 2. The van der Waals surface area contributed by atoms with Crippen LogP contribution in [0.2, 0.25) is 0 Å². The van der Waals surface area contributed by atoms with Gasteiger partial charge < -0.3 is 19.7 Å². The summed E-state index contributed by atoms with van der Waals surface area (Å²) in [7, 11) is 0. The molecule has 2 aromatic rings. The van der Waals surface area contributed by atoms with E-state index in [1.54, 1.807) is 0 Å². The van der Waals surface area contributed by atoms with Gasteiger partial charge in [0.25, 0.3) is 0 Å². The summed E-state index contributed by atoms with van der Waals surface area (Å²) in [5, 5.41) is 20.4. The van der Waals surface area contributed by atoms with E-state index >= 15 is 0 Å². The standard InChI is InChI=1S/C21H25NO4/c23-17-11-22-12-18(25-13-15-7-3-1-4-8-15)21(19(22)20(17)24)26-14-16-9-5-2-6-10-16/h1-10,17-21,23-24H,11-14H2/t17-,18+,19+,20-,21-/m1/s1. The second-order valence-corrected chi connectivity index (χ2v) is 7.10. The zero-order chi connectivity index (χ0) is 17.9. The van der Waals surface area contributed by atoms with Gasteiger partial charge in [0.05, 0.1) is 37.6 Å². The summed E-state index contributed by atoms with van der Waals surface area (Å²) >= 11 is 0. The van der Waals surface area contributed by atoms with Gasteiger partial charge in [-0.05, 0) is 11.1 Å². The van der Waals surface area contributed by atoms with Gasteiger partial charge in [-0.15, -0.1) is 0 Å². The molecule has 0 amide bonds. The summed E-state index contributed by atoms with van der Waals surface area (Å²) in [5.74, 6) is 0. The SMILES string of the molecule is O[C@H]1[C@H]2[C@H](OCc3ccccc3)[C@@H](OCc3ccccc3)CN2C[C@H]1O. The second-order valence-electron chi connectivity index (χ2n) is 7.10.